The van der Waals surface area contributed by atoms with E-state index in [-0.39, 0.29) is 12.1 Å². The van der Waals surface area contributed by atoms with Crippen LogP contribution in [0.3, 0.4) is 0 Å². The van der Waals surface area contributed by atoms with Crippen LogP contribution in [0.5, 0.6) is 0 Å². The van der Waals surface area contributed by atoms with Gasteiger partial charge in [-0.1, -0.05) is 0 Å². The summed E-state index contributed by atoms with van der Waals surface area (Å²) in [6.07, 6.45) is 8.45. The average molecular weight is 373 g/mol. The van der Waals surface area contributed by atoms with Gasteiger partial charge in [-0.05, 0) is 44.7 Å². The van der Waals surface area contributed by atoms with E-state index in [0.717, 1.165) is 53.8 Å². The normalized spacial score (nSPS) is 19.9. The summed E-state index contributed by atoms with van der Waals surface area (Å²) in [5.74, 6) is 1.48. The molecule has 1 saturated carbocycles. The molecule has 1 aliphatic carbocycles. The molecule has 8 heteroatoms. The topological polar surface area (TPSA) is 105 Å². The predicted molar refractivity (Wildman–Crippen MR) is 102 cm³/mol. The summed E-state index contributed by atoms with van der Waals surface area (Å²) in [5.41, 5.74) is 3.71. The number of aliphatic hydroxyl groups is 1. The van der Waals surface area contributed by atoms with Gasteiger partial charge < -0.3 is 9.67 Å². The molecule has 8 nitrogen and oxygen atoms in total. The van der Waals surface area contributed by atoms with Crippen LogP contribution >= 0.6 is 0 Å². The molecule has 4 aromatic heterocycles. The number of nitriles is 1. The van der Waals surface area contributed by atoms with Crippen LogP contribution in [0.25, 0.3) is 28.1 Å². The minimum absolute atomic E-state index is 0.204. The van der Waals surface area contributed by atoms with Gasteiger partial charge in [-0.15, -0.1) is 0 Å². The van der Waals surface area contributed by atoms with Crippen molar-refractivity contribution in [3.05, 3.63) is 42.1 Å². The maximum absolute atomic E-state index is 9.84. The molecule has 0 spiro atoms. The molecule has 4 aromatic rings. The molecule has 0 atom stereocenters. The zero-order chi connectivity index (χ0) is 19.3. The zero-order valence-corrected chi connectivity index (χ0v) is 15.4. The molecular weight excluding hydrogens is 354 g/mol. The standard InChI is InChI=1S/C20H19N7O/c1-12-24-17-11-22-19(16-10-23-26-7-6-13(9-21)8-18(16)26)25-20(17)27(12)14-2-4-15(28)5-3-14/h6-8,10-11,14-15,28H,2-5H2,1H3. The molecule has 140 valence electrons. The Kier molecular flexibility index (Phi) is 3.84. The molecule has 4 heterocycles. The fourth-order valence-electron chi connectivity index (χ4n) is 4.11. The van der Waals surface area contributed by atoms with Gasteiger partial charge in [-0.2, -0.15) is 10.4 Å². The minimum Gasteiger partial charge on any atom is -0.393 e. The van der Waals surface area contributed by atoms with E-state index in [1.807, 2.05) is 6.92 Å². The summed E-state index contributed by atoms with van der Waals surface area (Å²) in [6, 6.07) is 5.96. The van der Waals surface area contributed by atoms with Gasteiger partial charge in [-0.25, -0.2) is 19.5 Å². The molecule has 1 fully saturated rings. The largest absolute Gasteiger partial charge is 0.393 e. The summed E-state index contributed by atoms with van der Waals surface area (Å²) < 4.78 is 3.90. The van der Waals surface area contributed by atoms with Crippen molar-refractivity contribution in [1.29, 1.82) is 5.26 Å². The Balaban J connectivity index is 1.64. The van der Waals surface area contributed by atoms with Crippen molar-refractivity contribution < 1.29 is 5.11 Å². The van der Waals surface area contributed by atoms with Crippen LogP contribution < -0.4 is 0 Å². The molecule has 0 bridgehead atoms. The molecule has 0 unspecified atom stereocenters. The summed E-state index contributed by atoms with van der Waals surface area (Å²) >= 11 is 0. The first-order valence-corrected chi connectivity index (χ1v) is 9.41. The van der Waals surface area contributed by atoms with E-state index in [9.17, 15) is 10.4 Å². The lowest BCUT2D eigenvalue weighted by Gasteiger charge is -2.27. The highest BCUT2D eigenvalue weighted by atomic mass is 16.3. The van der Waals surface area contributed by atoms with E-state index in [1.54, 1.807) is 35.2 Å². The summed E-state index contributed by atoms with van der Waals surface area (Å²) in [4.78, 5) is 14.0. The lowest BCUT2D eigenvalue weighted by Crippen LogP contribution is -2.22. The highest BCUT2D eigenvalue weighted by molar-refractivity contribution is 5.80. The van der Waals surface area contributed by atoms with Crippen molar-refractivity contribution in [1.82, 2.24) is 29.1 Å². The second kappa shape index (κ2) is 6.39. The van der Waals surface area contributed by atoms with Crippen molar-refractivity contribution in [2.75, 3.05) is 0 Å². The third-order valence-electron chi connectivity index (χ3n) is 5.53. The van der Waals surface area contributed by atoms with E-state index >= 15 is 0 Å². The molecule has 5 rings (SSSR count). The highest BCUT2D eigenvalue weighted by Crippen LogP contribution is 2.32. The molecule has 1 N–H and O–H groups in total. The molecule has 0 aromatic carbocycles. The molecule has 1 aliphatic rings. The number of fused-ring (bicyclic) bond motifs is 2. The van der Waals surface area contributed by atoms with Gasteiger partial charge in [-0.3, -0.25) is 0 Å². The molecule has 0 aliphatic heterocycles. The Morgan fingerprint density at radius 2 is 2.00 bits per heavy atom. The molecule has 28 heavy (non-hydrogen) atoms. The van der Waals surface area contributed by atoms with Gasteiger partial charge in [0, 0.05) is 12.2 Å². The monoisotopic (exact) mass is 373 g/mol. The highest BCUT2D eigenvalue weighted by Gasteiger charge is 2.25. The second-order valence-corrected chi connectivity index (χ2v) is 7.31. The molecule has 0 saturated heterocycles. The first kappa shape index (κ1) is 16.8. The van der Waals surface area contributed by atoms with E-state index < -0.39 is 0 Å². The molecule has 0 radical (unpaired) electrons. The van der Waals surface area contributed by atoms with Crippen LogP contribution in [0.4, 0.5) is 0 Å². The Morgan fingerprint density at radius 1 is 1.18 bits per heavy atom. The predicted octanol–water partition coefficient (Wildman–Crippen LogP) is 2.80. The Bertz CT molecular complexity index is 1220. The number of aliphatic hydroxyl groups excluding tert-OH is 1. The maximum atomic E-state index is 9.84. The number of hydrogen-bond donors (Lipinski definition) is 1. The van der Waals surface area contributed by atoms with Gasteiger partial charge >= 0.3 is 0 Å². The van der Waals surface area contributed by atoms with Crippen LogP contribution in [-0.4, -0.2) is 40.3 Å². The van der Waals surface area contributed by atoms with Crippen LogP contribution in [0.15, 0.2) is 30.7 Å². The minimum atomic E-state index is -0.204. The van der Waals surface area contributed by atoms with Gasteiger partial charge in [0.15, 0.2) is 11.5 Å². The first-order chi connectivity index (χ1) is 13.6. The quantitative estimate of drug-likeness (QED) is 0.579. The fraction of sp³-hybridized carbons (Fsp3) is 0.350. The van der Waals surface area contributed by atoms with Crippen LogP contribution in [0, 0.1) is 18.3 Å². The Labute approximate surface area is 161 Å². The zero-order valence-electron chi connectivity index (χ0n) is 15.4. The molecule has 0 amide bonds. The second-order valence-electron chi connectivity index (χ2n) is 7.31. The van der Waals surface area contributed by atoms with E-state index in [1.165, 1.54) is 0 Å². The van der Waals surface area contributed by atoms with Crippen molar-refractivity contribution in [3.8, 4) is 17.5 Å². The molecular formula is C20H19N7O. The third-order valence-corrected chi connectivity index (χ3v) is 5.53. The fourth-order valence-corrected chi connectivity index (χ4v) is 4.11. The van der Waals surface area contributed by atoms with Crippen molar-refractivity contribution in [2.45, 2.75) is 44.8 Å². The summed E-state index contributed by atoms with van der Waals surface area (Å²) in [6.45, 7) is 1.99. The maximum Gasteiger partial charge on any atom is 0.165 e. The third kappa shape index (κ3) is 2.63. The van der Waals surface area contributed by atoms with Gasteiger partial charge in [0.05, 0.1) is 41.2 Å². The van der Waals surface area contributed by atoms with Gasteiger partial charge in [0.2, 0.25) is 0 Å². The van der Waals surface area contributed by atoms with E-state index in [4.69, 9.17) is 4.98 Å². The van der Waals surface area contributed by atoms with Crippen LogP contribution in [0.2, 0.25) is 0 Å². The van der Waals surface area contributed by atoms with Crippen LogP contribution in [-0.2, 0) is 0 Å². The number of hydrogen-bond acceptors (Lipinski definition) is 6. The van der Waals surface area contributed by atoms with Crippen molar-refractivity contribution in [2.24, 2.45) is 0 Å². The summed E-state index contributed by atoms with van der Waals surface area (Å²) in [7, 11) is 0. The van der Waals surface area contributed by atoms with E-state index in [0.29, 0.717) is 11.4 Å². The van der Waals surface area contributed by atoms with Gasteiger partial charge in [0.1, 0.15) is 11.3 Å². The SMILES string of the molecule is Cc1nc2cnc(-c3cnn4ccc(C#N)cc34)nc2n1C1CCC(O)CC1. The number of aryl methyl sites for hydroxylation is 1. The number of imidazole rings is 1. The smallest absolute Gasteiger partial charge is 0.165 e. The Hall–Kier alpha value is -3.31. The Morgan fingerprint density at radius 3 is 2.79 bits per heavy atom. The van der Waals surface area contributed by atoms with Gasteiger partial charge in [0.25, 0.3) is 0 Å². The first-order valence-electron chi connectivity index (χ1n) is 9.41. The number of nitrogens with zero attached hydrogens (tertiary/aromatic N) is 7. The lowest BCUT2D eigenvalue weighted by atomic mass is 9.93. The number of aromatic nitrogens is 6. The van der Waals surface area contributed by atoms with Crippen LogP contribution in [0.1, 0.15) is 43.1 Å². The average Bonchev–Trinajstić information content (AvgIpc) is 3.27. The lowest BCUT2D eigenvalue weighted by molar-refractivity contribution is 0.111. The van der Waals surface area contributed by atoms with Crippen molar-refractivity contribution >= 4 is 16.7 Å². The number of pyridine rings is 1. The van der Waals surface area contributed by atoms with Crippen molar-refractivity contribution in [3.63, 3.8) is 0 Å². The van der Waals surface area contributed by atoms with E-state index in [2.05, 4.69) is 25.7 Å². The summed E-state index contributed by atoms with van der Waals surface area (Å²) in [5, 5.41) is 23.4. The number of rotatable bonds is 2.